The lowest BCUT2D eigenvalue weighted by Gasteiger charge is -2.17. The van der Waals surface area contributed by atoms with Crippen LogP contribution in [0.25, 0.3) is 11.4 Å². The minimum atomic E-state index is -3.79. The van der Waals surface area contributed by atoms with E-state index in [0.717, 1.165) is 35.1 Å². The van der Waals surface area contributed by atoms with Gasteiger partial charge in [0.05, 0.1) is 11.4 Å². The summed E-state index contributed by atoms with van der Waals surface area (Å²) >= 11 is 5.82. The maximum Gasteiger partial charge on any atom is 0.243 e. The second-order valence-electron chi connectivity index (χ2n) is 7.52. The van der Waals surface area contributed by atoms with E-state index in [9.17, 15) is 13.2 Å². The second-order valence-corrected chi connectivity index (χ2v) is 10.0. The van der Waals surface area contributed by atoms with Gasteiger partial charge in [0.1, 0.15) is 5.82 Å². The van der Waals surface area contributed by atoms with Gasteiger partial charge in [-0.25, -0.2) is 13.4 Å². The molecule has 0 radical (unpaired) electrons. The summed E-state index contributed by atoms with van der Waals surface area (Å²) in [7, 11) is -2.42. The third-order valence-corrected chi connectivity index (χ3v) is 7.39. The van der Waals surface area contributed by atoms with Crippen molar-refractivity contribution >= 4 is 33.2 Å². The SMILES string of the molecule is CN(CC(=O)Nc1ccc(-c2ncc3n2CCCC3)cc1)S(=O)(=O)c1ccc(Cl)cc1. The number of fused-ring (bicyclic) bond motifs is 1. The quantitative estimate of drug-likeness (QED) is 0.609. The number of halogens is 1. The predicted octanol–water partition coefficient (Wildman–Crippen LogP) is 3.80. The van der Waals surface area contributed by atoms with Crippen LogP contribution in [0.2, 0.25) is 5.02 Å². The Balaban J connectivity index is 1.41. The van der Waals surface area contributed by atoms with Crippen molar-refractivity contribution < 1.29 is 13.2 Å². The molecule has 2 aromatic carbocycles. The summed E-state index contributed by atoms with van der Waals surface area (Å²) in [5.74, 6) is 0.507. The highest BCUT2D eigenvalue weighted by molar-refractivity contribution is 7.89. The van der Waals surface area contributed by atoms with Gasteiger partial charge in [-0.15, -0.1) is 0 Å². The zero-order chi connectivity index (χ0) is 22.0. The molecule has 0 bridgehead atoms. The van der Waals surface area contributed by atoms with E-state index in [0.29, 0.717) is 10.7 Å². The van der Waals surface area contributed by atoms with Gasteiger partial charge in [-0.1, -0.05) is 11.6 Å². The van der Waals surface area contributed by atoms with Gasteiger partial charge in [0.25, 0.3) is 0 Å². The first-order valence-corrected chi connectivity index (χ1v) is 11.8. The number of carbonyl (C=O) groups excluding carboxylic acids is 1. The summed E-state index contributed by atoms with van der Waals surface area (Å²) in [4.78, 5) is 17.0. The van der Waals surface area contributed by atoms with E-state index in [-0.39, 0.29) is 11.4 Å². The van der Waals surface area contributed by atoms with Gasteiger partial charge in [0.2, 0.25) is 15.9 Å². The largest absolute Gasteiger partial charge is 0.328 e. The molecule has 0 saturated heterocycles. The van der Waals surface area contributed by atoms with Crippen molar-refractivity contribution in [1.82, 2.24) is 13.9 Å². The number of anilines is 1. The van der Waals surface area contributed by atoms with Crippen LogP contribution in [-0.4, -0.2) is 41.8 Å². The third kappa shape index (κ3) is 4.66. The van der Waals surface area contributed by atoms with Crippen LogP contribution in [0.1, 0.15) is 18.5 Å². The van der Waals surface area contributed by atoms with E-state index < -0.39 is 15.9 Å². The monoisotopic (exact) mass is 458 g/mol. The summed E-state index contributed by atoms with van der Waals surface area (Å²) in [5, 5.41) is 3.19. The van der Waals surface area contributed by atoms with E-state index in [1.165, 1.54) is 43.4 Å². The Hall–Kier alpha value is -2.68. The lowest BCUT2D eigenvalue weighted by Crippen LogP contribution is -2.34. The van der Waals surface area contributed by atoms with Crippen LogP contribution >= 0.6 is 11.6 Å². The van der Waals surface area contributed by atoms with Gasteiger partial charge < -0.3 is 9.88 Å². The van der Waals surface area contributed by atoms with Crippen molar-refractivity contribution in [3.63, 3.8) is 0 Å². The second kappa shape index (κ2) is 8.82. The Labute approximate surface area is 186 Å². The third-order valence-electron chi connectivity index (χ3n) is 5.32. The summed E-state index contributed by atoms with van der Waals surface area (Å²) < 4.78 is 28.5. The molecule has 1 amide bonds. The standard InChI is InChI=1S/C22H23ClN4O3S/c1-26(31(29,30)20-11-7-17(23)8-12-20)15-21(28)25-18-9-5-16(6-10-18)22-24-14-19-4-2-3-13-27(19)22/h5-12,14H,2-4,13,15H2,1H3,(H,25,28). The molecule has 1 aliphatic rings. The van der Waals surface area contributed by atoms with Crippen LogP contribution in [-0.2, 0) is 27.8 Å². The molecule has 1 aromatic heterocycles. The molecule has 9 heteroatoms. The van der Waals surface area contributed by atoms with Crippen molar-refractivity contribution in [2.45, 2.75) is 30.7 Å². The minimum absolute atomic E-state index is 0.0829. The topological polar surface area (TPSA) is 84.3 Å². The lowest BCUT2D eigenvalue weighted by molar-refractivity contribution is -0.116. The molecule has 31 heavy (non-hydrogen) atoms. The molecule has 0 unspecified atom stereocenters. The Bertz CT molecular complexity index is 1190. The molecule has 7 nitrogen and oxygen atoms in total. The van der Waals surface area contributed by atoms with Crippen molar-refractivity contribution in [3.05, 3.63) is 65.4 Å². The van der Waals surface area contributed by atoms with Crippen LogP contribution in [0.15, 0.2) is 59.6 Å². The number of benzene rings is 2. The highest BCUT2D eigenvalue weighted by Crippen LogP contribution is 2.25. The number of imidazole rings is 1. The molecule has 0 spiro atoms. The average molecular weight is 459 g/mol. The number of hydrogen-bond donors (Lipinski definition) is 1. The van der Waals surface area contributed by atoms with Gasteiger partial charge in [-0.3, -0.25) is 4.79 Å². The first-order valence-electron chi connectivity index (χ1n) is 10.0. The summed E-state index contributed by atoms with van der Waals surface area (Å²) in [6, 6.07) is 13.2. The Morgan fingerprint density at radius 3 is 2.55 bits per heavy atom. The molecule has 1 aliphatic heterocycles. The molecule has 0 atom stereocenters. The first kappa shape index (κ1) is 21.5. The summed E-state index contributed by atoms with van der Waals surface area (Å²) in [6.07, 6.45) is 5.32. The van der Waals surface area contributed by atoms with Gasteiger partial charge in [-0.05, 0) is 67.8 Å². The van der Waals surface area contributed by atoms with Crippen molar-refractivity contribution in [3.8, 4) is 11.4 Å². The Kier molecular flexibility index (Phi) is 6.13. The molecular formula is C22H23ClN4O3S. The maximum atomic E-state index is 12.6. The van der Waals surface area contributed by atoms with E-state index in [4.69, 9.17) is 11.6 Å². The zero-order valence-corrected chi connectivity index (χ0v) is 18.7. The van der Waals surface area contributed by atoms with E-state index in [1.807, 2.05) is 18.3 Å². The normalized spacial score (nSPS) is 13.8. The number of nitrogens with one attached hydrogen (secondary N) is 1. The molecular weight excluding hydrogens is 436 g/mol. The van der Waals surface area contributed by atoms with Gasteiger partial charge in [-0.2, -0.15) is 4.31 Å². The molecule has 1 N–H and O–H groups in total. The fraction of sp³-hybridized carbons (Fsp3) is 0.273. The Morgan fingerprint density at radius 2 is 1.84 bits per heavy atom. The number of nitrogens with zero attached hydrogens (tertiary/aromatic N) is 3. The number of amides is 1. The molecule has 4 rings (SSSR count). The summed E-state index contributed by atoms with van der Waals surface area (Å²) in [6.45, 7) is 0.665. The number of sulfonamides is 1. The number of aryl methyl sites for hydroxylation is 1. The minimum Gasteiger partial charge on any atom is -0.328 e. The van der Waals surface area contributed by atoms with Crippen LogP contribution < -0.4 is 5.32 Å². The number of likely N-dealkylation sites (N-methyl/N-ethyl adjacent to an activating group) is 1. The fourth-order valence-corrected chi connectivity index (χ4v) is 4.90. The van der Waals surface area contributed by atoms with Gasteiger partial charge in [0.15, 0.2) is 0 Å². The average Bonchev–Trinajstić information content (AvgIpc) is 3.19. The molecule has 3 aromatic rings. The smallest absolute Gasteiger partial charge is 0.243 e. The zero-order valence-electron chi connectivity index (χ0n) is 17.1. The van der Waals surface area contributed by atoms with Crippen LogP contribution in [0.5, 0.6) is 0 Å². The lowest BCUT2D eigenvalue weighted by atomic mass is 10.1. The van der Waals surface area contributed by atoms with Crippen molar-refractivity contribution in [2.24, 2.45) is 0 Å². The number of carbonyl (C=O) groups is 1. The van der Waals surface area contributed by atoms with Gasteiger partial charge >= 0.3 is 0 Å². The maximum absolute atomic E-state index is 12.6. The van der Waals surface area contributed by atoms with E-state index >= 15 is 0 Å². The van der Waals surface area contributed by atoms with Gasteiger partial charge in [0, 0.05) is 41.8 Å². The number of rotatable bonds is 6. The molecule has 162 valence electrons. The molecule has 2 heterocycles. The number of aromatic nitrogens is 2. The highest BCUT2D eigenvalue weighted by atomic mass is 35.5. The highest BCUT2D eigenvalue weighted by Gasteiger charge is 2.23. The van der Waals surface area contributed by atoms with Crippen LogP contribution in [0.4, 0.5) is 5.69 Å². The molecule has 0 saturated carbocycles. The number of hydrogen-bond acceptors (Lipinski definition) is 4. The van der Waals surface area contributed by atoms with Crippen molar-refractivity contribution in [1.29, 1.82) is 0 Å². The molecule has 0 aliphatic carbocycles. The predicted molar refractivity (Wildman–Crippen MR) is 120 cm³/mol. The van der Waals surface area contributed by atoms with E-state index in [2.05, 4.69) is 14.9 Å². The Morgan fingerprint density at radius 1 is 1.13 bits per heavy atom. The van der Waals surface area contributed by atoms with Crippen LogP contribution in [0.3, 0.4) is 0 Å². The van der Waals surface area contributed by atoms with E-state index in [1.54, 1.807) is 12.1 Å². The fourth-order valence-electron chi connectivity index (χ4n) is 3.64. The van der Waals surface area contributed by atoms with Crippen LogP contribution in [0, 0.1) is 0 Å². The first-order chi connectivity index (χ1) is 14.8. The van der Waals surface area contributed by atoms with Crippen molar-refractivity contribution in [2.75, 3.05) is 18.9 Å². The summed E-state index contributed by atoms with van der Waals surface area (Å²) in [5.41, 5.74) is 2.83. The molecule has 0 fully saturated rings.